The summed E-state index contributed by atoms with van der Waals surface area (Å²) in [6.45, 7) is 2.70. The molecule has 0 radical (unpaired) electrons. The van der Waals surface area contributed by atoms with Gasteiger partial charge in [0, 0.05) is 43.9 Å². The summed E-state index contributed by atoms with van der Waals surface area (Å²) in [5.74, 6) is -0.0792. The number of nitriles is 1. The normalized spacial score (nSPS) is 21.2. The highest BCUT2D eigenvalue weighted by molar-refractivity contribution is 5.67. The highest BCUT2D eigenvalue weighted by Crippen LogP contribution is 2.36. The molecule has 218 valence electrons. The summed E-state index contributed by atoms with van der Waals surface area (Å²) in [4.78, 5) is 39.6. The Bertz CT molecular complexity index is 1350. The molecule has 4 heterocycles. The summed E-state index contributed by atoms with van der Waals surface area (Å²) in [6.07, 6.45) is 2.14. The molecule has 0 spiro atoms. The molecule has 2 aromatic rings. The molecule has 1 aromatic heterocycles. The number of carbonyl (C=O) groups is 1. The molecule has 13 nitrogen and oxygen atoms in total. The van der Waals surface area contributed by atoms with Gasteiger partial charge in [-0.2, -0.15) is 15.2 Å². The van der Waals surface area contributed by atoms with Crippen molar-refractivity contribution in [1.29, 1.82) is 5.26 Å². The first-order valence-corrected chi connectivity index (χ1v) is 13.8. The van der Waals surface area contributed by atoms with Crippen molar-refractivity contribution in [2.24, 2.45) is 0 Å². The van der Waals surface area contributed by atoms with Gasteiger partial charge in [-0.15, -0.1) is 0 Å². The second-order valence-corrected chi connectivity index (χ2v) is 10.7. The monoisotopic (exact) mass is 568 g/mol. The van der Waals surface area contributed by atoms with E-state index in [-0.39, 0.29) is 49.5 Å². The van der Waals surface area contributed by atoms with E-state index in [1.54, 1.807) is 4.90 Å². The van der Waals surface area contributed by atoms with Gasteiger partial charge in [-0.05, 0) is 45.3 Å². The highest BCUT2D eigenvalue weighted by atomic mass is 19.1. The lowest BCUT2D eigenvalue weighted by atomic mass is 10.1. The zero-order valence-corrected chi connectivity index (χ0v) is 22.9. The molecule has 2 atom stereocenters. The van der Waals surface area contributed by atoms with Crippen molar-refractivity contribution in [1.82, 2.24) is 19.8 Å². The van der Waals surface area contributed by atoms with Gasteiger partial charge in [0.25, 0.3) is 5.69 Å². The van der Waals surface area contributed by atoms with E-state index in [9.17, 15) is 25.3 Å². The summed E-state index contributed by atoms with van der Waals surface area (Å²) in [7, 11) is 2.04. The number of likely N-dealkylation sites (N-methyl/N-ethyl adjacent to an activating group) is 1. The van der Waals surface area contributed by atoms with Crippen LogP contribution in [0.1, 0.15) is 36.9 Å². The van der Waals surface area contributed by atoms with Gasteiger partial charge in [0.15, 0.2) is 11.5 Å². The number of nitro benzene ring substituents is 1. The van der Waals surface area contributed by atoms with Crippen molar-refractivity contribution in [3.63, 3.8) is 0 Å². The smallest absolute Gasteiger partial charge is 0.407 e. The summed E-state index contributed by atoms with van der Waals surface area (Å²) in [5.41, 5.74) is 1.01. The van der Waals surface area contributed by atoms with Crippen LogP contribution in [0.4, 0.5) is 26.4 Å². The molecule has 3 aliphatic heterocycles. The molecule has 0 saturated carbocycles. The Kier molecular flexibility index (Phi) is 8.34. The van der Waals surface area contributed by atoms with Crippen LogP contribution in [0.2, 0.25) is 0 Å². The fourth-order valence-electron chi connectivity index (χ4n) is 6.01. The number of aromatic nitrogens is 2. The SMILES string of the molecule is CN1CCC[C@H]1COc1nc2c(c(N3CCN(C(=O)O)[C@@H](CC#N)C3)n1)CCCN(c1c(F)cccc1[N+](=O)[O-])C2. The number of hydrogen-bond donors (Lipinski definition) is 1. The molecule has 1 N–H and O–H groups in total. The zero-order valence-electron chi connectivity index (χ0n) is 22.9. The van der Waals surface area contributed by atoms with Gasteiger partial charge >= 0.3 is 12.1 Å². The van der Waals surface area contributed by atoms with Crippen molar-refractivity contribution >= 4 is 23.3 Å². The first-order valence-electron chi connectivity index (χ1n) is 13.8. The molecule has 1 amide bonds. The van der Waals surface area contributed by atoms with E-state index < -0.39 is 22.9 Å². The summed E-state index contributed by atoms with van der Waals surface area (Å²) in [5, 5.41) is 30.7. The largest absolute Gasteiger partial charge is 0.465 e. The van der Waals surface area contributed by atoms with E-state index >= 15 is 4.39 Å². The first-order chi connectivity index (χ1) is 19.8. The Balaban J connectivity index is 1.51. The van der Waals surface area contributed by atoms with Crippen molar-refractivity contribution < 1.29 is 24.0 Å². The minimum Gasteiger partial charge on any atom is -0.465 e. The molecule has 1 aromatic carbocycles. The number of benzene rings is 1. The fraction of sp³-hybridized carbons (Fsp3) is 0.556. The van der Waals surface area contributed by atoms with Crippen LogP contribution in [0.5, 0.6) is 6.01 Å². The van der Waals surface area contributed by atoms with Gasteiger partial charge in [-0.25, -0.2) is 9.18 Å². The van der Waals surface area contributed by atoms with E-state index in [2.05, 4.69) is 11.0 Å². The number of rotatable bonds is 7. The number of nitro groups is 1. The van der Waals surface area contributed by atoms with E-state index in [4.69, 9.17) is 14.7 Å². The zero-order chi connectivity index (χ0) is 29.1. The number of amides is 1. The van der Waals surface area contributed by atoms with Crippen molar-refractivity contribution in [2.45, 2.75) is 50.7 Å². The second-order valence-electron chi connectivity index (χ2n) is 10.7. The number of carboxylic acid groups (broad SMARTS) is 1. The highest BCUT2D eigenvalue weighted by Gasteiger charge is 2.34. The maximum Gasteiger partial charge on any atom is 0.407 e. The second kappa shape index (κ2) is 12.1. The Hall–Kier alpha value is -4.25. The van der Waals surface area contributed by atoms with Crippen molar-refractivity contribution in [2.75, 3.05) is 56.2 Å². The third-order valence-corrected chi connectivity index (χ3v) is 8.16. The lowest BCUT2D eigenvalue weighted by Crippen LogP contribution is -2.55. The van der Waals surface area contributed by atoms with Gasteiger partial charge in [0.2, 0.25) is 0 Å². The predicted octanol–water partition coefficient (Wildman–Crippen LogP) is 3.03. The predicted molar refractivity (Wildman–Crippen MR) is 147 cm³/mol. The summed E-state index contributed by atoms with van der Waals surface area (Å²) >= 11 is 0. The average molecular weight is 569 g/mol. The van der Waals surface area contributed by atoms with Crippen LogP contribution in [0.15, 0.2) is 18.2 Å². The number of piperazine rings is 1. The molecule has 0 unspecified atom stereocenters. The number of nitrogens with zero attached hydrogens (tertiary/aromatic N) is 8. The number of fused-ring (bicyclic) bond motifs is 1. The Morgan fingerprint density at radius 1 is 1.22 bits per heavy atom. The van der Waals surface area contributed by atoms with Crippen LogP contribution in [-0.2, 0) is 13.0 Å². The van der Waals surface area contributed by atoms with E-state index in [1.165, 1.54) is 23.1 Å². The molecule has 2 fully saturated rings. The third kappa shape index (κ3) is 5.95. The Morgan fingerprint density at radius 3 is 2.76 bits per heavy atom. The van der Waals surface area contributed by atoms with E-state index in [0.29, 0.717) is 44.0 Å². The van der Waals surface area contributed by atoms with Crippen LogP contribution in [0.25, 0.3) is 0 Å². The van der Waals surface area contributed by atoms with Crippen LogP contribution in [0, 0.1) is 27.3 Å². The Labute approximate surface area is 236 Å². The number of para-hydroxylation sites is 1. The van der Waals surface area contributed by atoms with Crippen LogP contribution >= 0.6 is 0 Å². The average Bonchev–Trinajstić information content (AvgIpc) is 3.23. The number of halogens is 1. The molecule has 41 heavy (non-hydrogen) atoms. The van der Waals surface area contributed by atoms with Gasteiger partial charge in [-0.3, -0.25) is 10.1 Å². The maximum atomic E-state index is 15.0. The molecule has 0 bridgehead atoms. The van der Waals surface area contributed by atoms with E-state index in [1.807, 2.05) is 11.9 Å². The number of likely N-dealkylation sites (tertiary alicyclic amines) is 1. The fourth-order valence-corrected chi connectivity index (χ4v) is 6.01. The molecular weight excluding hydrogens is 535 g/mol. The number of ether oxygens (including phenoxy) is 1. The molecule has 14 heteroatoms. The number of anilines is 2. The molecular formula is C27H33FN8O5. The summed E-state index contributed by atoms with van der Waals surface area (Å²) < 4.78 is 21.1. The van der Waals surface area contributed by atoms with Gasteiger partial charge in [0.1, 0.15) is 12.4 Å². The quantitative estimate of drug-likeness (QED) is 0.387. The van der Waals surface area contributed by atoms with Gasteiger partial charge in [-0.1, -0.05) is 6.07 Å². The van der Waals surface area contributed by atoms with Crippen molar-refractivity contribution in [3.05, 3.63) is 45.4 Å². The maximum absolute atomic E-state index is 15.0. The minimum absolute atomic E-state index is 0.0399. The van der Waals surface area contributed by atoms with E-state index in [0.717, 1.165) is 24.9 Å². The molecule has 3 aliphatic rings. The minimum atomic E-state index is -1.07. The molecule has 5 rings (SSSR count). The summed E-state index contributed by atoms with van der Waals surface area (Å²) in [6, 6.07) is 5.76. The van der Waals surface area contributed by atoms with Crippen LogP contribution < -0.4 is 14.5 Å². The third-order valence-electron chi connectivity index (χ3n) is 8.16. The lowest BCUT2D eigenvalue weighted by molar-refractivity contribution is -0.384. The first kappa shape index (κ1) is 28.3. The van der Waals surface area contributed by atoms with Gasteiger partial charge in [0.05, 0.1) is 35.7 Å². The van der Waals surface area contributed by atoms with Crippen molar-refractivity contribution in [3.8, 4) is 12.1 Å². The van der Waals surface area contributed by atoms with Crippen LogP contribution in [0.3, 0.4) is 0 Å². The molecule has 2 saturated heterocycles. The van der Waals surface area contributed by atoms with Gasteiger partial charge < -0.3 is 29.4 Å². The standard InChI is InChI=1S/C27H33FN8O5/c1-32-11-3-5-19(32)17-41-26-30-22-16-33(24-21(28)7-2-8-23(24)36(39)40)12-4-6-20(22)25(31-26)34-13-14-35(27(37)38)18(15-34)9-10-29/h2,7-8,18-19H,3-6,9,11-17H2,1H3,(H,37,38)/t18-,19-/m0/s1. The molecule has 0 aliphatic carbocycles. The van der Waals surface area contributed by atoms with Crippen LogP contribution in [-0.4, -0.2) is 94.4 Å². The number of hydrogen-bond acceptors (Lipinski definition) is 10. The Morgan fingerprint density at radius 2 is 2.05 bits per heavy atom. The lowest BCUT2D eigenvalue weighted by Gasteiger charge is -2.40. The topological polar surface area (TPSA) is 152 Å².